The molecule has 15 heavy (non-hydrogen) atoms. The summed E-state index contributed by atoms with van der Waals surface area (Å²) in [7, 11) is 0. The molecule has 4 heteroatoms. The van der Waals surface area contributed by atoms with Crippen LogP contribution in [0.4, 0.5) is 0 Å². The molecule has 4 nitrogen and oxygen atoms in total. The minimum absolute atomic E-state index is 1.00. The summed E-state index contributed by atoms with van der Waals surface area (Å²) in [5.41, 5.74) is 2.10. The Morgan fingerprint density at radius 3 is 2.40 bits per heavy atom. The van der Waals surface area contributed by atoms with Gasteiger partial charge in [-0.25, -0.2) is 14.9 Å². The van der Waals surface area contributed by atoms with Gasteiger partial charge in [-0.15, -0.1) is 0 Å². The van der Waals surface area contributed by atoms with Crippen LogP contribution < -0.4 is 0 Å². The number of hydrogen-bond acceptors (Lipinski definition) is 3. The van der Waals surface area contributed by atoms with Crippen LogP contribution in [-0.2, 0) is 0 Å². The van der Waals surface area contributed by atoms with Gasteiger partial charge in [0.2, 0.25) is 0 Å². The van der Waals surface area contributed by atoms with E-state index in [4.69, 9.17) is 5.26 Å². The van der Waals surface area contributed by atoms with Crippen LogP contribution in [0.5, 0.6) is 0 Å². The van der Waals surface area contributed by atoms with Gasteiger partial charge in [0.15, 0.2) is 0 Å². The third kappa shape index (κ3) is 2.51. The van der Waals surface area contributed by atoms with Crippen molar-refractivity contribution in [3.05, 3.63) is 49.1 Å². The van der Waals surface area contributed by atoms with Gasteiger partial charge in [-0.05, 0) is 17.7 Å². The second-order valence-electron chi connectivity index (χ2n) is 2.64. The highest BCUT2D eigenvalue weighted by atomic mass is 15.3. The quantitative estimate of drug-likeness (QED) is 0.742. The molecule has 0 saturated carbocycles. The van der Waals surface area contributed by atoms with Gasteiger partial charge in [0, 0.05) is 6.57 Å². The van der Waals surface area contributed by atoms with Crippen molar-refractivity contribution >= 4 is 6.08 Å². The highest BCUT2D eigenvalue weighted by Crippen LogP contribution is 2.08. The van der Waals surface area contributed by atoms with Crippen LogP contribution in [-0.4, -0.2) is 14.8 Å². The smallest absolute Gasteiger partial charge is 0.138 e. The molecular formula is C11H10N4. The zero-order valence-corrected chi connectivity index (χ0v) is 8.11. The molecule has 0 spiro atoms. The van der Waals surface area contributed by atoms with E-state index in [0.29, 0.717) is 0 Å². The zero-order valence-electron chi connectivity index (χ0n) is 8.11. The molecule has 1 heterocycles. The van der Waals surface area contributed by atoms with Crippen molar-refractivity contribution in [1.82, 2.24) is 14.8 Å². The molecule has 0 bridgehead atoms. The largest absolute Gasteiger partial charge is 0.223 e. The topological polar surface area (TPSA) is 54.5 Å². The van der Waals surface area contributed by atoms with E-state index in [1.165, 1.54) is 6.33 Å². The van der Waals surface area contributed by atoms with Crippen molar-refractivity contribution in [3.63, 3.8) is 0 Å². The van der Waals surface area contributed by atoms with Crippen molar-refractivity contribution in [2.24, 2.45) is 0 Å². The van der Waals surface area contributed by atoms with Gasteiger partial charge in [-0.1, -0.05) is 24.8 Å². The van der Waals surface area contributed by atoms with Crippen LogP contribution in [0.3, 0.4) is 0 Å². The molecule has 0 saturated heterocycles. The molecular weight excluding hydrogens is 188 g/mol. The second-order valence-corrected chi connectivity index (χ2v) is 2.64. The number of nitriles is 1. The summed E-state index contributed by atoms with van der Waals surface area (Å²) >= 11 is 0. The molecule has 1 aromatic carbocycles. The lowest BCUT2D eigenvalue weighted by Gasteiger charge is -1.99. The van der Waals surface area contributed by atoms with E-state index in [-0.39, 0.29) is 0 Å². The Kier molecular flexibility index (Phi) is 3.80. The fourth-order valence-corrected chi connectivity index (χ4v) is 1.10. The number of hydrogen-bond donors (Lipinski definition) is 0. The molecule has 0 unspecified atom stereocenters. The van der Waals surface area contributed by atoms with E-state index >= 15 is 0 Å². The van der Waals surface area contributed by atoms with E-state index < -0.39 is 0 Å². The lowest BCUT2D eigenvalue weighted by molar-refractivity contribution is 0.879. The van der Waals surface area contributed by atoms with Gasteiger partial charge in [0.1, 0.15) is 12.7 Å². The molecule has 1 aromatic heterocycles. The fourth-order valence-electron chi connectivity index (χ4n) is 1.10. The highest BCUT2D eigenvalue weighted by molar-refractivity contribution is 5.49. The average molecular weight is 198 g/mol. The summed E-state index contributed by atoms with van der Waals surface area (Å²) in [5, 5.41) is 10.5. The molecule has 2 rings (SSSR count). The molecule has 0 amide bonds. The van der Waals surface area contributed by atoms with Crippen LogP contribution in [0.1, 0.15) is 5.56 Å². The van der Waals surface area contributed by atoms with Gasteiger partial charge >= 0.3 is 0 Å². The van der Waals surface area contributed by atoms with Crippen LogP contribution in [0, 0.1) is 11.8 Å². The Morgan fingerprint density at radius 2 is 1.93 bits per heavy atom. The minimum Gasteiger partial charge on any atom is -0.223 e. The van der Waals surface area contributed by atoms with E-state index in [1.807, 2.05) is 30.3 Å². The summed E-state index contributed by atoms with van der Waals surface area (Å²) in [6.45, 7) is 7.19. The third-order valence-corrected chi connectivity index (χ3v) is 1.81. The van der Waals surface area contributed by atoms with Crippen molar-refractivity contribution < 1.29 is 0 Å². The van der Waals surface area contributed by atoms with Crippen LogP contribution in [0.2, 0.25) is 0 Å². The number of aromatic nitrogens is 3. The zero-order chi connectivity index (χ0) is 11.1. The molecule has 2 aromatic rings. The number of benzene rings is 1. The molecule has 0 radical (unpaired) electrons. The first-order valence-electron chi connectivity index (χ1n) is 4.23. The second kappa shape index (κ2) is 5.35. The maximum absolute atomic E-state index is 6.50. The molecule has 0 N–H and O–H groups in total. The Labute approximate surface area is 88.1 Å². The molecule has 0 aliphatic heterocycles. The van der Waals surface area contributed by atoms with Crippen molar-refractivity contribution in [1.29, 1.82) is 5.26 Å². The van der Waals surface area contributed by atoms with Crippen LogP contribution in [0.25, 0.3) is 11.8 Å². The minimum atomic E-state index is 1.00. The van der Waals surface area contributed by atoms with E-state index in [1.54, 1.807) is 11.0 Å². The van der Waals surface area contributed by atoms with Crippen LogP contribution in [0.15, 0.2) is 43.5 Å². The van der Waals surface area contributed by atoms with E-state index in [0.717, 1.165) is 11.3 Å². The van der Waals surface area contributed by atoms with E-state index in [2.05, 4.69) is 23.2 Å². The third-order valence-electron chi connectivity index (χ3n) is 1.81. The normalized spacial score (nSPS) is 8.67. The molecule has 0 fully saturated rings. The maximum atomic E-state index is 6.50. The first-order valence-corrected chi connectivity index (χ1v) is 4.23. The summed E-state index contributed by atoms with van der Waals surface area (Å²) < 4.78 is 1.72. The Bertz CT molecular complexity index is 425. The van der Waals surface area contributed by atoms with Gasteiger partial charge in [0.05, 0.1) is 5.69 Å². The lowest BCUT2D eigenvalue weighted by Crippen LogP contribution is -1.93. The molecule has 0 aliphatic carbocycles. The standard InChI is InChI=1S/C10H9N3.CHN/c1-2-9-3-5-10(6-4-9)13-8-11-7-12-13;1-2/h2-8H,1H2;1H. The summed E-state index contributed by atoms with van der Waals surface area (Å²) in [5.74, 6) is 0. The first kappa shape index (κ1) is 10.7. The highest BCUT2D eigenvalue weighted by Gasteiger charge is 1.94. The Hall–Kier alpha value is -2.41. The van der Waals surface area contributed by atoms with Gasteiger partial charge in [-0.2, -0.15) is 5.10 Å². The van der Waals surface area contributed by atoms with E-state index in [9.17, 15) is 0 Å². The summed E-state index contributed by atoms with van der Waals surface area (Å²) in [6, 6.07) is 7.94. The Morgan fingerprint density at radius 1 is 1.27 bits per heavy atom. The predicted molar refractivity (Wildman–Crippen MR) is 58.1 cm³/mol. The van der Waals surface area contributed by atoms with Gasteiger partial charge < -0.3 is 0 Å². The number of rotatable bonds is 2. The predicted octanol–water partition coefficient (Wildman–Crippen LogP) is 2.05. The maximum Gasteiger partial charge on any atom is 0.138 e. The Balaban J connectivity index is 0.000000531. The molecule has 0 aliphatic rings. The average Bonchev–Trinajstić information content (AvgIpc) is 2.85. The fraction of sp³-hybridized carbons (Fsp3) is 0. The monoisotopic (exact) mass is 198 g/mol. The van der Waals surface area contributed by atoms with Crippen molar-refractivity contribution in [2.45, 2.75) is 0 Å². The summed E-state index contributed by atoms with van der Waals surface area (Å²) in [6.07, 6.45) is 5.00. The van der Waals surface area contributed by atoms with Crippen LogP contribution >= 0.6 is 0 Å². The molecule has 0 atom stereocenters. The molecule has 74 valence electrons. The SMILES string of the molecule is C#N.C=Cc1ccc(-n2cncn2)cc1. The first-order chi connectivity index (χ1) is 7.40. The van der Waals surface area contributed by atoms with Gasteiger partial charge in [0.25, 0.3) is 0 Å². The summed E-state index contributed by atoms with van der Waals surface area (Å²) in [4.78, 5) is 3.87. The van der Waals surface area contributed by atoms with Gasteiger partial charge in [-0.3, -0.25) is 0 Å². The number of nitrogens with zero attached hydrogens (tertiary/aromatic N) is 4. The lowest BCUT2D eigenvalue weighted by atomic mass is 10.2. The van der Waals surface area contributed by atoms with Crippen molar-refractivity contribution in [3.8, 4) is 12.3 Å². The van der Waals surface area contributed by atoms with Crippen molar-refractivity contribution in [2.75, 3.05) is 0 Å².